The van der Waals surface area contributed by atoms with Crippen molar-refractivity contribution in [3.05, 3.63) is 0 Å². The maximum atomic E-state index is 9.82. The molecular weight excluding hydrogens is 364 g/mol. The number of hydrogen-bond donors (Lipinski definition) is 2. The normalized spacial score (nSPS) is 51.9. The van der Waals surface area contributed by atoms with E-state index in [1.165, 1.54) is 13.8 Å². The molecule has 0 radical (unpaired) electrons. The van der Waals surface area contributed by atoms with Gasteiger partial charge in [-0.05, 0) is 34.6 Å². The van der Waals surface area contributed by atoms with Crippen molar-refractivity contribution in [2.45, 2.75) is 69.8 Å². The Balaban J connectivity index is 1.50. The van der Waals surface area contributed by atoms with Gasteiger partial charge < -0.3 is 48.1 Å². The lowest BCUT2D eigenvalue weighted by molar-refractivity contribution is -0.459. The highest BCUT2D eigenvalue weighted by Crippen LogP contribution is 2.35. The number of rotatable bonds is 4. The van der Waals surface area contributed by atoms with Gasteiger partial charge in [0.05, 0.1) is 0 Å². The molecule has 0 amide bonds. The van der Waals surface area contributed by atoms with E-state index in [2.05, 4.69) is 0 Å². The van der Waals surface area contributed by atoms with Crippen LogP contribution in [0.5, 0.6) is 0 Å². The third-order valence-electron chi connectivity index (χ3n) is 4.45. The Morgan fingerprint density at radius 1 is 0.667 bits per heavy atom. The third kappa shape index (κ3) is 5.57. The summed E-state index contributed by atoms with van der Waals surface area (Å²) >= 11 is 0. The van der Waals surface area contributed by atoms with Gasteiger partial charge >= 0.3 is 0 Å². The highest BCUT2D eigenvalue weighted by atomic mass is 16.9. The van der Waals surface area contributed by atoms with Crippen molar-refractivity contribution >= 4 is 0 Å². The minimum absolute atomic E-state index is 0.00506. The average Bonchev–Trinajstić information content (AvgIpc) is 2.57. The minimum Gasteiger partial charge on any atom is -0.364 e. The molecule has 0 spiro atoms. The van der Waals surface area contributed by atoms with E-state index >= 15 is 0 Å². The highest BCUT2D eigenvalue weighted by Gasteiger charge is 2.49. The van der Waals surface area contributed by atoms with Crippen LogP contribution in [0.15, 0.2) is 0 Å². The fourth-order valence-corrected chi connectivity index (χ4v) is 2.88. The fraction of sp³-hybridized carbons (Fsp3) is 1.00. The zero-order valence-corrected chi connectivity index (χ0v) is 16.5. The maximum absolute atomic E-state index is 9.82. The second kappa shape index (κ2) is 7.13. The van der Waals surface area contributed by atoms with Crippen LogP contribution >= 0.6 is 0 Å². The molecule has 3 heterocycles. The quantitative estimate of drug-likeness (QED) is 0.678. The average molecular weight is 394 g/mol. The molecule has 3 aliphatic rings. The summed E-state index contributed by atoms with van der Waals surface area (Å²) in [5.74, 6) is -5.89. The van der Waals surface area contributed by atoms with Crippen LogP contribution in [-0.4, -0.2) is 85.1 Å². The topological polar surface area (TPSA) is 114 Å². The Hall–Kier alpha value is -0.400. The van der Waals surface area contributed by atoms with Crippen molar-refractivity contribution in [1.82, 2.24) is 0 Å². The first-order valence-corrected chi connectivity index (χ1v) is 8.96. The molecule has 0 aromatic rings. The predicted molar refractivity (Wildman–Crippen MR) is 88.1 cm³/mol. The SMILES string of the molecule is CC1(O)COC(OC2(C)COC(C)(OC3(C)COC(C)(O)CO3)CO2)CO1. The minimum atomic E-state index is -1.34. The summed E-state index contributed by atoms with van der Waals surface area (Å²) in [5.41, 5.74) is 0. The zero-order chi connectivity index (χ0) is 20.0. The molecule has 3 rings (SSSR count). The first-order valence-electron chi connectivity index (χ1n) is 8.96. The van der Waals surface area contributed by atoms with E-state index in [1.807, 2.05) is 0 Å². The van der Waals surface area contributed by atoms with Gasteiger partial charge in [-0.3, -0.25) is 0 Å². The summed E-state index contributed by atoms with van der Waals surface area (Å²) < 4.78 is 45.2. The molecule has 6 unspecified atom stereocenters. The summed E-state index contributed by atoms with van der Waals surface area (Å²) in [5, 5.41) is 19.6. The lowest BCUT2D eigenvalue weighted by atomic mass is 10.2. The van der Waals surface area contributed by atoms with Gasteiger partial charge in [-0.2, -0.15) is 0 Å². The van der Waals surface area contributed by atoms with E-state index in [0.717, 1.165) is 0 Å². The molecule has 0 aromatic carbocycles. The van der Waals surface area contributed by atoms with Crippen LogP contribution < -0.4 is 0 Å². The van der Waals surface area contributed by atoms with Gasteiger partial charge in [0.2, 0.25) is 0 Å². The number of hydrogen-bond acceptors (Lipinski definition) is 10. The van der Waals surface area contributed by atoms with E-state index in [0.29, 0.717) is 0 Å². The highest BCUT2D eigenvalue weighted by molar-refractivity contribution is 4.81. The lowest BCUT2D eigenvalue weighted by Crippen LogP contribution is -2.61. The Bertz CT molecular complexity index is 506. The first-order chi connectivity index (χ1) is 12.3. The second-order valence-corrected chi connectivity index (χ2v) is 8.18. The molecule has 10 nitrogen and oxygen atoms in total. The van der Waals surface area contributed by atoms with Crippen molar-refractivity contribution in [3.8, 4) is 0 Å². The van der Waals surface area contributed by atoms with Crippen LogP contribution in [0.2, 0.25) is 0 Å². The Morgan fingerprint density at radius 3 is 1.67 bits per heavy atom. The molecule has 3 aliphatic heterocycles. The monoisotopic (exact) mass is 394 g/mol. The summed E-state index contributed by atoms with van der Waals surface area (Å²) in [4.78, 5) is 0. The summed E-state index contributed by atoms with van der Waals surface area (Å²) in [6.07, 6.45) is -0.682. The Labute approximate surface area is 158 Å². The van der Waals surface area contributed by atoms with Gasteiger partial charge in [0.15, 0.2) is 35.2 Å². The van der Waals surface area contributed by atoms with Gasteiger partial charge in [-0.1, -0.05) is 0 Å². The molecule has 3 fully saturated rings. The molecule has 0 aliphatic carbocycles. The van der Waals surface area contributed by atoms with Crippen LogP contribution in [0, 0.1) is 0 Å². The number of aliphatic hydroxyl groups is 2. The van der Waals surface area contributed by atoms with Gasteiger partial charge in [0.25, 0.3) is 0 Å². The summed E-state index contributed by atoms with van der Waals surface area (Å²) in [6.45, 7) is 8.44. The fourth-order valence-electron chi connectivity index (χ4n) is 2.88. The van der Waals surface area contributed by atoms with E-state index in [-0.39, 0.29) is 39.6 Å². The predicted octanol–water partition coefficient (Wildman–Crippen LogP) is 0.0517. The number of ether oxygens (including phenoxy) is 8. The lowest BCUT2D eigenvalue weighted by Gasteiger charge is -2.48. The molecule has 158 valence electrons. The van der Waals surface area contributed by atoms with Gasteiger partial charge in [0.1, 0.15) is 39.6 Å². The molecule has 27 heavy (non-hydrogen) atoms. The van der Waals surface area contributed by atoms with Crippen molar-refractivity contribution in [2.24, 2.45) is 0 Å². The van der Waals surface area contributed by atoms with Crippen molar-refractivity contribution < 1.29 is 48.1 Å². The molecule has 0 aromatic heterocycles. The van der Waals surface area contributed by atoms with Crippen molar-refractivity contribution in [1.29, 1.82) is 0 Å². The molecule has 6 atom stereocenters. The molecular formula is C17H30O10. The van der Waals surface area contributed by atoms with Crippen molar-refractivity contribution in [3.63, 3.8) is 0 Å². The largest absolute Gasteiger partial charge is 0.364 e. The van der Waals surface area contributed by atoms with E-state index in [9.17, 15) is 10.2 Å². The van der Waals surface area contributed by atoms with Gasteiger partial charge in [-0.25, -0.2) is 0 Å². The van der Waals surface area contributed by atoms with Crippen LogP contribution in [0.1, 0.15) is 34.6 Å². The van der Waals surface area contributed by atoms with Crippen LogP contribution in [0.25, 0.3) is 0 Å². The van der Waals surface area contributed by atoms with Gasteiger partial charge in [-0.15, -0.1) is 0 Å². The van der Waals surface area contributed by atoms with E-state index < -0.39 is 35.2 Å². The van der Waals surface area contributed by atoms with Crippen LogP contribution in [0.4, 0.5) is 0 Å². The third-order valence-corrected chi connectivity index (χ3v) is 4.45. The van der Waals surface area contributed by atoms with Crippen molar-refractivity contribution in [2.75, 3.05) is 39.6 Å². The second-order valence-electron chi connectivity index (χ2n) is 8.18. The standard InChI is InChI=1S/C17H30O10/c1-13(18)7-20-12(6-21-13)26-15(3)9-25-17(5,11-24-15)27-16(4)10-22-14(2,19)8-23-16/h12,18-19H,6-11H2,1-5H3. The smallest absolute Gasteiger partial charge is 0.192 e. The van der Waals surface area contributed by atoms with Gasteiger partial charge in [0, 0.05) is 0 Å². The molecule has 2 N–H and O–H groups in total. The van der Waals surface area contributed by atoms with Crippen LogP contribution in [-0.2, 0) is 37.9 Å². The Kier molecular flexibility index (Phi) is 5.63. The van der Waals surface area contributed by atoms with Crippen LogP contribution in [0.3, 0.4) is 0 Å². The Morgan fingerprint density at radius 2 is 1.19 bits per heavy atom. The molecule has 0 bridgehead atoms. The summed E-state index contributed by atoms with van der Waals surface area (Å²) in [7, 11) is 0. The molecule has 0 saturated carbocycles. The molecule has 10 heteroatoms. The summed E-state index contributed by atoms with van der Waals surface area (Å²) in [6, 6.07) is 0. The maximum Gasteiger partial charge on any atom is 0.192 e. The molecule has 3 saturated heterocycles. The van der Waals surface area contributed by atoms with E-state index in [4.69, 9.17) is 37.9 Å². The zero-order valence-electron chi connectivity index (χ0n) is 16.5. The first kappa shape index (κ1) is 21.3. The van der Waals surface area contributed by atoms with E-state index in [1.54, 1.807) is 20.8 Å².